The van der Waals surface area contributed by atoms with Crippen molar-refractivity contribution in [2.24, 2.45) is 0 Å². The second kappa shape index (κ2) is 6.19. The van der Waals surface area contributed by atoms with Crippen molar-refractivity contribution in [3.63, 3.8) is 0 Å². The molecule has 0 aliphatic heterocycles. The van der Waals surface area contributed by atoms with Gasteiger partial charge in [0, 0.05) is 7.05 Å². The van der Waals surface area contributed by atoms with Crippen molar-refractivity contribution in [2.75, 3.05) is 13.7 Å². The fraction of sp³-hybridized carbons (Fsp3) is 0.200. The predicted octanol–water partition coefficient (Wildman–Crippen LogP) is 1.09. The molecule has 1 N–H and O–H groups in total. The number of fused-ring (bicyclic) bond motifs is 5. The molecular formula is C15H13N7O3S. The first-order valence-electron chi connectivity index (χ1n) is 7.74. The molecule has 0 bridgehead atoms. The first kappa shape index (κ1) is 16.1. The normalized spacial score (nSPS) is 11.2. The largest absolute Gasteiger partial charge is 0.461 e. The van der Waals surface area contributed by atoms with E-state index in [2.05, 4.69) is 25.9 Å². The maximum Gasteiger partial charge on any atom is 0.362 e. The highest BCUT2D eigenvalue weighted by Gasteiger charge is 2.22. The van der Waals surface area contributed by atoms with Crippen molar-refractivity contribution in [3.05, 3.63) is 35.7 Å². The van der Waals surface area contributed by atoms with Gasteiger partial charge in [-0.1, -0.05) is 33.9 Å². The van der Waals surface area contributed by atoms with Gasteiger partial charge in [0.1, 0.15) is 0 Å². The fourth-order valence-electron chi connectivity index (χ4n) is 2.55. The fourth-order valence-corrected chi connectivity index (χ4v) is 3.62. The zero-order chi connectivity index (χ0) is 18.3. The van der Waals surface area contributed by atoms with E-state index in [1.165, 1.54) is 11.6 Å². The Labute approximate surface area is 150 Å². The molecule has 3 aromatic heterocycles. The van der Waals surface area contributed by atoms with Gasteiger partial charge in [0.25, 0.3) is 5.91 Å². The monoisotopic (exact) mass is 371 g/mol. The molecule has 4 rings (SSSR count). The highest BCUT2D eigenvalue weighted by Crippen LogP contribution is 2.25. The first-order chi connectivity index (χ1) is 12.7. The number of amides is 1. The van der Waals surface area contributed by atoms with Crippen LogP contribution in [0.3, 0.4) is 0 Å². The van der Waals surface area contributed by atoms with Crippen LogP contribution in [-0.2, 0) is 4.74 Å². The smallest absolute Gasteiger partial charge is 0.362 e. The summed E-state index contributed by atoms with van der Waals surface area (Å²) in [7, 11) is 1.51. The Morgan fingerprint density at radius 3 is 2.23 bits per heavy atom. The van der Waals surface area contributed by atoms with E-state index in [1.807, 2.05) is 24.3 Å². The molecule has 10 nitrogen and oxygen atoms in total. The number of esters is 1. The molecule has 0 aliphatic carbocycles. The van der Waals surface area contributed by atoms with Gasteiger partial charge >= 0.3 is 5.97 Å². The number of rotatable bonds is 3. The summed E-state index contributed by atoms with van der Waals surface area (Å²) in [5, 5.41) is 18.7. The number of carbonyl (C=O) groups excluding carboxylic acids is 2. The van der Waals surface area contributed by atoms with E-state index in [4.69, 9.17) is 4.74 Å². The van der Waals surface area contributed by atoms with E-state index in [1.54, 1.807) is 11.4 Å². The summed E-state index contributed by atoms with van der Waals surface area (Å²) in [6, 6.07) is 7.31. The molecule has 0 spiro atoms. The number of benzene rings is 1. The number of carbonyl (C=O) groups is 2. The van der Waals surface area contributed by atoms with Crippen molar-refractivity contribution in [1.29, 1.82) is 0 Å². The summed E-state index contributed by atoms with van der Waals surface area (Å²) in [6.45, 7) is 1.93. The summed E-state index contributed by atoms with van der Waals surface area (Å²) in [4.78, 5) is 25.3. The van der Waals surface area contributed by atoms with Crippen LogP contribution in [0.5, 0.6) is 0 Å². The molecule has 3 heterocycles. The molecule has 0 saturated heterocycles. The lowest BCUT2D eigenvalue weighted by Crippen LogP contribution is -2.18. The van der Waals surface area contributed by atoms with E-state index < -0.39 is 5.97 Å². The van der Waals surface area contributed by atoms with E-state index in [9.17, 15) is 9.59 Å². The van der Waals surface area contributed by atoms with Crippen LogP contribution in [0.25, 0.3) is 20.7 Å². The van der Waals surface area contributed by atoms with Crippen LogP contribution in [0, 0.1) is 0 Å². The van der Waals surface area contributed by atoms with Crippen LogP contribution in [0.1, 0.15) is 27.9 Å². The summed E-state index contributed by atoms with van der Waals surface area (Å²) in [6.07, 6.45) is 0. The molecule has 4 aromatic rings. The van der Waals surface area contributed by atoms with Gasteiger partial charge in [-0.25, -0.2) is 13.8 Å². The molecular weight excluding hydrogens is 358 g/mol. The van der Waals surface area contributed by atoms with Crippen LogP contribution in [0.15, 0.2) is 24.3 Å². The molecule has 26 heavy (non-hydrogen) atoms. The molecule has 132 valence electrons. The number of hydrogen-bond donors (Lipinski definition) is 1. The van der Waals surface area contributed by atoms with E-state index in [0.29, 0.717) is 20.7 Å². The Morgan fingerprint density at radius 2 is 1.65 bits per heavy atom. The Balaban J connectivity index is 2.20. The van der Waals surface area contributed by atoms with E-state index in [0.717, 1.165) is 11.3 Å². The Kier molecular flexibility index (Phi) is 3.84. The van der Waals surface area contributed by atoms with Crippen molar-refractivity contribution in [2.45, 2.75) is 6.92 Å². The number of ether oxygens (including phenoxy) is 1. The van der Waals surface area contributed by atoms with Gasteiger partial charge in [-0.2, -0.15) is 0 Å². The summed E-state index contributed by atoms with van der Waals surface area (Å²) in [5.74, 6) is -0.962. The molecule has 0 saturated carbocycles. The summed E-state index contributed by atoms with van der Waals surface area (Å²) >= 11 is 1.14. The predicted molar refractivity (Wildman–Crippen MR) is 93.1 cm³/mol. The van der Waals surface area contributed by atoms with Crippen molar-refractivity contribution in [3.8, 4) is 0 Å². The molecule has 1 amide bonds. The van der Waals surface area contributed by atoms with Crippen LogP contribution < -0.4 is 5.32 Å². The van der Waals surface area contributed by atoms with Gasteiger partial charge < -0.3 is 10.1 Å². The molecule has 0 fully saturated rings. The lowest BCUT2D eigenvalue weighted by Gasteiger charge is -1.96. The second-order valence-corrected chi connectivity index (χ2v) is 6.18. The Hall–Kier alpha value is -3.34. The zero-order valence-corrected chi connectivity index (χ0v) is 14.6. The van der Waals surface area contributed by atoms with Crippen LogP contribution in [0.4, 0.5) is 0 Å². The first-order valence-corrected chi connectivity index (χ1v) is 8.55. The molecule has 1 aromatic carbocycles. The number of nitrogens with zero attached hydrogens (tertiary/aromatic N) is 6. The molecule has 0 radical (unpaired) electrons. The molecule has 0 aliphatic rings. The summed E-state index contributed by atoms with van der Waals surface area (Å²) in [5.41, 5.74) is 1.54. The summed E-state index contributed by atoms with van der Waals surface area (Å²) < 4.78 is 8.15. The van der Waals surface area contributed by atoms with E-state index in [-0.39, 0.29) is 23.9 Å². The van der Waals surface area contributed by atoms with Crippen molar-refractivity contribution < 1.29 is 14.3 Å². The number of hydrogen-bond acceptors (Lipinski definition) is 8. The topological polar surface area (TPSA) is 116 Å². The standard InChI is InChI=1S/C15H13N7O3S/c1-3-25-15(24)11-14-22(20-18-11)9-7-5-4-6-8(9)21-13(26-14)10(17-19-21)12(23)16-2/h4-7H,3H2,1-2H3,(H,16,23). The quantitative estimate of drug-likeness (QED) is 0.536. The van der Waals surface area contributed by atoms with Gasteiger partial charge in [0.05, 0.1) is 17.6 Å². The molecule has 0 unspecified atom stereocenters. The molecule has 11 heteroatoms. The van der Waals surface area contributed by atoms with Crippen molar-refractivity contribution >= 4 is 43.9 Å². The van der Waals surface area contributed by atoms with Gasteiger partial charge in [-0.15, -0.1) is 10.2 Å². The SMILES string of the molecule is CCOC(=O)c1nnn2c1sc1c(C(=O)NC)nnn1c1ccccc12. The van der Waals surface area contributed by atoms with Crippen LogP contribution >= 0.6 is 11.3 Å². The third kappa shape index (κ3) is 2.32. The third-order valence-corrected chi connectivity index (χ3v) is 4.82. The van der Waals surface area contributed by atoms with Crippen LogP contribution in [-0.4, -0.2) is 55.2 Å². The lowest BCUT2D eigenvalue weighted by molar-refractivity contribution is 0.0521. The van der Waals surface area contributed by atoms with Gasteiger partial charge in [-0.05, 0) is 19.1 Å². The van der Waals surface area contributed by atoms with Crippen LogP contribution in [0.2, 0.25) is 0 Å². The van der Waals surface area contributed by atoms with Gasteiger partial charge in [0.2, 0.25) is 5.69 Å². The maximum absolute atomic E-state index is 12.3. The minimum Gasteiger partial charge on any atom is -0.461 e. The maximum atomic E-state index is 12.3. The minimum absolute atomic E-state index is 0.0733. The number of nitrogens with one attached hydrogen (secondary N) is 1. The average Bonchev–Trinajstić information content (AvgIpc) is 3.23. The number of aromatic nitrogens is 6. The minimum atomic E-state index is -0.582. The van der Waals surface area contributed by atoms with Gasteiger partial charge in [-0.3, -0.25) is 4.79 Å². The molecule has 0 atom stereocenters. The zero-order valence-electron chi connectivity index (χ0n) is 13.8. The van der Waals surface area contributed by atoms with Crippen molar-refractivity contribution in [1.82, 2.24) is 35.0 Å². The highest BCUT2D eigenvalue weighted by atomic mass is 32.1. The van der Waals surface area contributed by atoms with E-state index >= 15 is 0 Å². The number of para-hydroxylation sites is 2. The third-order valence-electron chi connectivity index (χ3n) is 3.70. The lowest BCUT2D eigenvalue weighted by atomic mass is 10.3. The average molecular weight is 371 g/mol. The second-order valence-electron chi connectivity index (χ2n) is 5.20. The van der Waals surface area contributed by atoms with Gasteiger partial charge in [0.15, 0.2) is 15.4 Å². The highest BCUT2D eigenvalue weighted by molar-refractivity contribution is 7.22. The Bertz CT molecular complexity index is 1190. The Morgan fingerprint density at radius 1 is 1.08 bits per heavy atom.